The van der Waals surface area contributed by atoms with Crippen molar-refractivity contribution in [2.24, 2.45) is 0 Å². The van der Waals surface area contributed by atoms with Crippen molar-refractivity contribution in [2.75, 3.05) is 5.73 Å². The van der Waals surface area contributed by atoms with E-state index in [4.69, 9.17) is 10.7 Å². The smallest absolute Gasteiger partial charge is 0.123 e. The SMILES string of the molecule is CCc1nc(N)ccc1-c1cccc2cc3c(nc12)CCCC3.Cl. The second kappa shape index (κ2) is 6.78. The maximum Gasteiger partial charge on any atom is 0.123 e. The fourth-order valence-corrected chi connectivity index (χ4v) is 3.57. The Morgan fingerprint density at radius 2 is 1.83 bits per heavy atom. The first-order valence-corrected chi connectivity index (χ1v) is 8.43. The molecular formula is C20H22ClN3. The molecule has 0 fully saturated rings. The quantitative estimate of drug-likeness (QED) is 0.733. The van der Waals surface area contributed by atoms with Gasteiger partial charge in [0.05, 0.1) is 11.2 Å². The topological polar surface area (TPSA) is 51.8 Å². The minimum atomic E-state index is 0. The average molecular weight is 340 g/mol. The standard InChI is InChI=1S/C20H21N3.ClH/c1-2-17-15(10-11-19(21)22-17)16-8-5-7-14-12-13-6-3-4-9-18(13)23-20(14)16;/h5,7-8,10-12H,2-4,6,9H2,1H3,(H2,21,22);1H. The summed E-state index contributed by atoms with van der Waals surface area (Å²) in [6.07, 6.45) is 5.65. The van der Waals surface area contributed by atoms with Crippen LogP contribution in [0, 0.1) is 0 Å². The van der Waals surface area contributed by atoms with E-state index in [0.29, 0.717) is 5.82 Å². The molecule has 2 heterocycles. The van der Waals surface area contributed by atoms with Crippen LogP contribution in [0.3, 0.4) is 0 Å². The van der Waals surface area contributed by atoms with Crippen LogP contribution in [0.2, 0.25) is 0 Å². The normalized spacial score (nSPS) is 13.4. The number of nitrogens with two attached hydrogens (primary N) is 1. The molecule has 124 valence electrons. The van der Waals surface area contributed by atoms with Crippen LogP contribution in [0.1, 0.15) is 36.7 Å². The summed E-state index contributed by atoms with van der Waals surface area (Å²) in [5, 5.41) is 1.22. The zero-order chi connectivity index (χ0) is 15.8. The fourth-order valence-electron chi connectivity index (χ4n) is 3.57. The lowest BCUT2D eigenvalue weighted by Crippen LogP contribution is -2.06. The van der Waals surface area contributed by atoms with Crippen molar-refractivity contribution in [3.63, 3.8) is 0 Å². The van der Waals surface area contributed by atoms with Gasteiger partial charge in [-0.2, -0.15) is 0 Å². The van der Waals surface area contributed by atoms with Crippen molar-refractivity contribution < 1.29 is 0 Å². The van der Waals surface area contributed by atoms with E-state index in [1.54, 1.807) is 0 Å². The lowest BCUT2D eigenvalue weighted by molar-refractivity contribution is 0.671. The molecule has 1 aromatic carbocycles. The molecule has 3 aromatic rings. The molecule has 2 aromatic heterocycles. The number of aromatic nitrogens is 2. The van der Waals surface area contributed by atoms with Crippen molar-refractivity contribution in [1.82, 2.24) is 9.97 Å². The van der Waals surface area contributed by atoms with Gasteiger partial charge in [0.2, 0.25) is 0 Å². The van der Waals surface area contributed by atoms with E-state index in [-0.39, 0.29) is 12.4 Å². The molecule has 24 heavy (non-hydrogen) atoms. The van der Waals surface area contributed by atoms with E-state index in [1.807, 2.05) is 6.07 Å². The summed E-state index contributed by atoms with van der Waals surface area (Å²) in [7, 11) is 0. The zero-order valence-electron chi connectivity index (χ0n) is 13.9. The number of benzene rings is 1. The van der Waals surface area contributed by atoms with Crippen LogP contribution in [0.15, 0.2) is 36.4 Å². The molecule has 2 N–H and O–H groups in total. The summed E-state index contributed by atoms with van der Waals surface area (Å²) in [6.45, 7) is 2.12. The number of nitrogens with zero attached hydrogens (tertiary/aromatic N) is 2. The summed E-state index contributed by atoms with van der Waals surface area (Å²) in [5.74, 6) is 0.580. The summed E-state index contributed by atoms with van der Waals surface area (Å²) in [4.78, 5) is 9.54. The highest BCUT2D eigenvalue weighted by molar-refractivity contribution is 5.94. The van der Waals surface area contributed by atoms with Crippen molar-refractivity contribution >= 4 is 29.1 Å². The number of halogens is 1. The highest BCUT2D eigenvalue weighted by Crippen LogP contribution is 2.32. The highest BCUT2D eigenvalue weighted by atomic mass is 35.5. The summed E-state index contributed by atoms with van der Waals surface area (Å²) < 4.78 is 0. The Morgan fingerprint density at radius 1 is 1.00 bits per heavy atom. The zero-order valence-corrected chi connectivity index (χ0v) is 14.7. The predicted octanol–water partition coefficient (Wildman–Crippen LogP) is 4.74. The van der Waals surface area contributed by atoms with Gasteiger partial charge < -0.3 is 5.73 Å². The van der Waals surface area contributed by atoms with Gasteiger partial charge in [0, 0.05) is 22.2 Å². The Hall–Kier alpha value is -2.13. The largest absolute Gasteiger partial charge is 0.384 e. The summed E-state index contributed by atoms with van der Waals surface area (Å²) in [6, 6.07) is 12.7. The Labute approximate surface area is 148 Å². The molecule has 0 aliphatic heterocycles. The molecule has 4 rings (SSSR count). The van der Waals surface area contributed by atoms with Gasteiger partial charge in [0.1, 0.15) is 5.82 Å². The minimum Gasteiger partial charge on any atom is -0.384 e. The molecule has 0 unspecified atom stereocenters. The number of hydrogen-bond acceptors (Lipinski definition) is 3. The number of hydrogen-bond donors (Lipinski definition) is 1. The van der Waals surface area contributed by atoms with Crippen molar-refractivity contribution in [3.05, 3.63) is 53.3 Å². The molecule has 1 aliphatic carbocycles. The lowest BCUT2D eigenvalue weighted by Gasteiger charge is -2.17. The number of anilines is 1. The van der Waals surface area contributed by atoms with Gasteiger partial charge in [-0.05, 0) is 55.9 Å². The number of nitrogen functional groups attached to an aromatic ring is 1. The maximum atomic E-state index is 5.86. The molecule has 4 heteroatoms. The second-order valence-corrected chi connectivity index (χ2v) is 6.26. The monoisotopic (exact) mass is 339 g/mol. The molecule has 0 bridgehead atoms. The van der Waals surface area contributed by atoms with Gasteiger partial charge in [-0.3, -0.25) is 4.98 Å². The lowest BCUT2D eigenvalue weighted by atomic mass is 9.93. The minimum absolute atomic E-state index is 0. The fraction of sp³-hybridized carbons (Fsp3) is 0.300. The van der Waals surface area contributed by atoms with E-state index < -0.39 is 0 Å². The number of pyridine rings is 2. The number of para-hydroxylation sites is 1. The van der Waals surface area contributed by atoms with Gasteiger partial charge in [0.15, 0.2) is 0 Å². The van der Waals surface area contributed by atoms with Crippen LogP contribution >= 0.6 is 12.4 Å². The Morgan fingerprint density at radius 3 is 2.67 bits per heavy atom. The van der Waals surface area contributed by atoms with Crippen molar-refractivity contribution in [1.29, 1.82) is 0 Å². The third kappa shape index (κ3) is 2.84. The van der Waals surface area contributed by atoms with Gasteiger partial charge >= 0.3 is 0 Å². The van der Waals surface area contributed by atoms with E-state index in [9.17, 15) is 0 Å². The van der Waals surface area contributed by atoms with Crippen LogP contribution < -0.4 is 5.73 Å². The Bertz CT molecular complexity index is 889. The van der Waals surface area contributed by atoms with E-state index >= 15 is 0 Å². The Kier molecular flexibility index (Phi) is 4.72. The van der Waals surface area contributed by atoms with E-state index in [1.165, 1.54) is 35.0 Å². The third-order valence-corrected chi connectivity index (χ3v) is 4.74. The van der Waals surface area contributed by atoms with Crippen LogP contribution in [0.5, 0.6) is 0 Å². The molecular weight excluding hydrogens is 318 g/mol. The van der Waals surface area contributed by atoms with Gasteiger partial charge in [-0.15, -0.1) is 12.4 Å². The Balaban J connectivity index is 0.00000169. The molecule has 0 radical (unpaired) electrons. The van der Waals surface area contributed by atoms with E-state index in [0.717, 1.165) is 36.0 Å². The molecule has 0 atom stereocenters. The second-order valence-electron chi connectivity index (χ2n) is 6.26. The van der Waals surface area contributed by atoms with Gasteiger partial charge in [-0.1, -0.05) is 25.1 Å². The number of rotatable bonds is 2. The molecule has 0 spiro atoms. The maximum absolute atomic E-state index is 5.86. The van der Waals surface area contributed by atoms with Crippen molar-refractivity contribution in [2.45, 2.75) is 39.0 Å². The molecule has 3 nitrogen and oxygen atoms in total. The van der Waals surface area contributed by atoms with Crippen LogP contribution in [-0.4, -0.2) is 9.97 Å². The first kappa shape index (κ1) is 16.7. The van der Waals surface area contributed by atoms with Crippen LogP contribution in [-0.2, 0) is 19.3 Å². The number of aryl methyl sites for hydroxylation is 3. The van der Waals surface area contributed by atoms with Crippen LogP contribution in [0.25, 0.3) is 22.0 Å². The van der Waals surface area contributed by atoms with Crippen molar-refractivity contribution in [3.8, 4) is 11.1 Å². The van der Waals surface area contributed by atoms with Crippen LogP contribution in [0.4, 0.5) is 5.82 Å². The first-order valence-electron chi connectivity index (χ1n) is 8.43. The summed E-state index contributed by atoms with van der Waals surface area (Å²) >= 11 is 0. The molecule has 1 aliphatic rings. The van der Waals surface area contributed by atoms with Gasteiger partial charge in [0.25, 0.3) is 0 Å². The average Bonchev–Trinajstić information content (AvgIpc) is 2.59. The number of fused-ring (bicyclic) bond motifs is 2. The highest BCUT2D eigenvalue weighted by Gasteiger charge is 2.15. The molecule has 0 saturated heterocycles. The first-order chi connectivity index (χ1) is 11.3. The molecule has 0 amide bonds. The summed E-state index contributed by atoms with van der Waals surface area (Å²) in [5.41, 5.74) is 13.0. The third-order valence-electron chi connectivity index (χ3n) is 4.74. The van der Waals surface area contributed by atoms with Gasteiger partial charge in [-0.25, -0.2) is 4.98 Å². The predicted molar refractivity (Wildman–Crippen MR) is 103 cm³/mol. The van der Waals surface area contributed by atoms with E-state index in [2.05, 4.69) is 42.2 Å². The molecule has 0 saturated carbocycles.